The van der Waals surface area contributed by atoms with Crippen molar-refractivity contribution in [3.63, 3.8) is 0 Å². The highest BCUT2D eigenvalue weighted by molar-refractivity contribution is 5.87. The van der Waals surface area contributed by atoms with Crippen molar-refractivity contribution < 1.29 is 9.59 Å². The molecule has 1 amide bonds. The second-order valence-corrected chi connectivity index (χ2v) is 3.91. The van der Waals surface area contributed by atoms with Crippen molar-refractivity contribution in [2.45, 2.75) is 37.8 Å². The minimum atomic E-state index is -0.505. The van der Waals surface area contributed by atoms with Gasteiger partial charge < -0.3 is 11.5 Å². The molecular weight excluding hydrogens is 194 g/mol. The number of aldehydes is 1. The summed E-state index contributed by atoms with van der Waals surface area (Å²) in [7, 11) is 0. The Morgan fingerprint density at radius 3 is 2.93 bits per heavy atom. The summed E-state index contributed by atoms with van der Waals surface area (Å²) in [6, 6.07) is -0.768. The summed E-state index contributed by atoms with van der Waals surface area (Å²) in [5, 5.41) is 0. The van der Waals surface area contributed by atoms with Crippen molar-refractivity contribution in [2.24, 2.45) is 11.5 Å². The monoisotopic (exact) mass is 213 g/mol. The van der Waals surface area contributed by atoms with E-state index in [1.54, 1.807) is 4.90 Å². The Morgan fingerprint density at radius 1 is 1.60 bits per heavy atom. The van der Waals surface area contributed by atoms with Crippen molar-refractivity contribution in [1.29, 1.82) is 0 Å². The molecule has 0 aromatic heterocycles. The number of likely N-dealkylation sites (tertiary alicyclic amines) is 1. The summed E-state index contributed by atoms with van der Waals surface area (Å²) in [6.07, 6.45) is 3.82. The second-order valence-electron chi connectivity index (χ2n) is 3.91. The third-order valence-corrected chi connectivity index (χ3v) is 2.78. The fourth-order valence-corrected chi connectivity index (χ4v) is 1.88. The van der Waals surface area contributed by atoms with Crippen LogP contribution in [0.5, 0.6) is 0 Å². The van der Waals surface area contributed by atoms with Gasteiger partial charge in [0.15, 0.2) is 12.3 Å². The van der Waals surface area contributed by atoms with Crippen LogP contribution in [0, 0.1) is 0 Å². The van der Waals surface area contributed by atoms with Crippen LogP contribution in [0.2, 0.25) is 0 Å². The molecule has 85 valence electrons. The first kappa shape index (κ1) is 12.3. The third-order valence-electron chi connectivity index (χ3n) is 2.78. The maximum absolute atomic E-state index is 11.8. The van der Waals surface area contributed by atoms with Crippen LogP contribution in [-0.4, -0.2) is 37.4 Å². The van der Waals surface area contributed by atoms with Crippen molar-refractivity contribution in [3.05, 3.63) is 0 Å². The van der Waals surface area contributed by atoms with Crippen LogP contribution < -0.4 is 16.4 Å². The van der Waals surface area contributed by atoms with E-state index in [1.165, 1.54) is 0 Å². The molecular formula is C10H19N3O2+. The van der Waals surface area contributed by atoms with Crippen LogP contribution in [0.4, 0.5) is 0 Å². The highest BCUT2D eigenvalue weighted by Crippen LogP contribution is 2.14. The molecule has 1 aliphatic heterocycles. The van der Waals surface area contributed by atoms with Crippen LogP contribution in [0.15, 0.2) is 0 Å². The summed E-state index contributed by atoms with van der Waals surface area (Å²) in [5.74, 6) is -0.113. The lowest BCUT2D eigenvalue weighted by molar-refractivity contribution is -0.129. The van der Waals surface area contributed by atoms with Gasteiger partial charge in [-0.05, 0) is 19.4 Å². The Labute approximate surface area is 89.8 Å². The Kier molecular flexibility index (Phi) is 4.87. The molecule has 5 nitrogen and oxygen atoms in total. The third kappa shape index (κ3) is 3.09. The number of hydrogen-bond donors (Lipinski definition) is 2. The molecule has 0 aromatic rings. The molecule has 4 N–H and O–H groups in total. The molecule has 0 spiro atoms. The predicted octanol–water partition coefficient (Wildman–Crippen LogP) is -0.919. The summed E-state index contributed by atoms with van der Waals surface area (Å²) < 4.78 is 0. The zero-order valence-electron chi connectivity index (χ0n) is 8.89. The molecule has 0 aromatic carbocycles. The van der Waals surface area contributed by atoms with Gasteiger partial charge in [0.25, 0.3) is 0 Å². The minimum absolute atomic E-state index is 0.113. The fraction of sp³-hybridized carbons (Fsp3) is 0.800. The van der Waals surface area contributed by atoms with E-state index in [4.69, 9.17) is 11.5 Å². The summed E-state index contributed by atoms with van der Waals surface area (Å²) in [5.41, 5.74) is 11.1. The number of carbonyl (C=O) groups excluding carboxylic acids is 2. The first-order valence-corrected chi connectivity index (χ1v) is 5.42. The second kappa shape index (κ2) is 5.95. The lowest BCUT2D eigenvalue weighted by Crippen LogP contribution is -2.50. The van der Waals surface area contributed by atoms with Gasteiger partial charge in [0.1, 0.15) is 12.6 Å². The number of hydrogen-bond acceptors (Lipinski definition) is 4. The summed E-state index contributed by atoms with van der Waals surface area (Å²) in [6.45, 7) is 1.19. The van der Waals surface area contributed by atoms with E-state index in [2.05, 4.69) is 0 Å². The zero-order chi connectivity index (χ0) is 11.3. The molecule has 1 fully saturated rings. The molecule has 1 aliphatic rings. The molecule has 0 aliphatic carbocycles. The standard InChI is InChI=1S/C10H19N3O2/c11-5-1-4-9(12)10(15)13-6-2-3-8(13)7-14/h7-9H,1-6,11-12H2/q+1/t8-,9-/m0/s1. The SMILES string of the molecule is NCCC[C@H](N)C(=O)[N+]1CCC[C@H]1C=O. The average Bonchev–Trinajstić information content (AvgIpc) is 2.72. The normalized spacial score (nSPS) is 24.0. The van der Waals surface area contributed by atoms with Gasteiger partial charge in [-0.15, -0.1) is 0 Å². The lowest BCUT2D eigenvalue weighted by Gasteiger charge is -2.12. The highest BCUT2D eigenvalue weighted by Gasteiger charge is 2.42. The van der Waals surface area contributed by atoms with E-state index < -0.39 is 6.04 Å². The van der Waals surface area contributed by atoms with Gasteiger partial charge in [-0.3, -0.25) is 4.79 Å². The average molecular weight is 213 g/mol. The quantitative estimate of drug-likeness (QED) is 0.456. The van der Waals surface area contributed by atoms with Gasteiger partial charge in [0.05, 0.1) is 0 Å². The van der Waals surface area contributed by atoms with Crippen LogP contribution in [0.25, 0.3) is 0 Å². The number of nitrogens with two attached hydrogens (primary N) is 2. The van der Waals surface area contributed by atoms with Crippen molar-refractivity contribution in [1.82, 2.24) is 4.90 Å². The van der Waals surface area contributed by atoms with E-state index in [9.17, 15) is 9.59 Å². The van der Waals surface area contributed by atoms with E-state index in [-0.39, 0.29) is 11.9 Å². The summed E-state index contributed by atoms with van der Waals surface area (Å²) >= 11 is 0. The molecule has 15 heavy (non-hydrogen) atoms. The Morgan fingerprint density at radius 2 is 2.33 bits per heavy atom. The number of amides is 1. The first-order valence-electron chi connectivity index (χ1n) is 5.42. The predicted molar refractivity (Wildman–Crippen MR) is 57.4 cm³/mol. The Bertz CT molecular complexity index is 233. The molecule has 1 radical (unpaired) electrons. The Balaban J connectivity index is 2.47. The van der Waals surface area contributed by atoms with E-state index in [0.717, 1.165) is 25.5 Å². The molecule has 0 saturated carbocycles. The number of carbonyl (C=O) groups is 2. The number of nitrogens with zero attached hydrogens (tertiary/aromatic N) is 1. The fourth-order valence-electron chi connectivity index (χ4n) is 1.88. The minimum Gasteiger partial charge on any atom is -0.330 e. The van der Waals surface area contributed by atoms with Crippen molar-refractivity contribution in [2.75, 3.05) is 13.1 Å². The van der Waals surface area contributed by atoms with Crippen LogP contribution >= 0.6 is 0 Å². The molecule has 1 heterocycles. The Hall–Kier alpha value is -0.780. The summed E-state index contributed by atoms with van der Waals surface area (Å²) in [4.78, 5) is 24.1. The van der Waals surface area contributed by atoms with Gasteiger partial charge >= 0.3 is 5.91 Å². The smallest absolute Gasteiger partial charge is 0.330 e. The zero-order valence-corrected chi connectivity index (χ0v) is 8.89. The van der Waals surface area contributed by atoms with Crippen LogP contribution in [0.3, 0.4) is 0 Å². The van der Waals surface area contributed by atoms with Crippen LogP contribution in [-0.2, 0) is 9.59 Å². The highest BCUT2D eigenvalue weighted by atomic mass is 16.2. The van der Waals surface area contributed by atoms with E-state index >= 15 is 0 Å². The topological polar surface area (TPSA) is 92.1 Å². The van der Waals surface area contributed by atoms with Crippen LogP contribution in [0.1, 0.15) is 25.7 Å². The molecule has 2 atom stereocenters. The lowest BCUT2D eigenvalue weighted by atomic mass is 10.1. The van der Waals surface area contributed by atoms with Gasteiger partial charge in [-0.2, -0.15) is 0 Å². The largest absolute Gasteiger partial charge is 0.378 e. The van der Waals surface area contributed by atoms with Crippen molar-refractivity contribution >= 4 is 12.2 Å². The maximum Gasteiger partial charge on any atom is 0.378 e. The van der Waals surface area contributed by atoms with Gasteiger partial charge in [0, 0.05) is 12.8 Å². The molecule has 5 heteroatoms. The van der Waals surface area contributed by atoms with Gasteiger partial charge in [0.2, 0.25) is 0 Å². The molecule has 0 unspecified atom stereocenters. The molecule has 1 saturated heterocycles. The van der Waals surface area contributed by atoms with Crippen molar-refractivity contribution in [3.8, 4) is 0 Å². The first-order chi connectivity index (χ1) is 7.20. The molecule has 0 bridgehead atoms. The molecule has 1 rings (SSSR count). The van der Waals surface area contributed by atoms with E-state index in [0.29, 0.717) is 19.5 Å². The van der Waals surface area contributed by atoms with E-state index in [1.807, 2.05) is 0 Å². The maximum atomic E-state index is 11.8. The number of rotatable bonds is 5. The van der Waals surface area contributed by atoms with Gasteiger partial charge in [-0.25, -0.2) is 4.79 Å². The van der Waals surface area contributed by atoms with Gasteiger partial charge in [-0.1, -0.05) is 4.90 Å².